The monoisotopic (exact) mass is 286 g/mol. The van der Waals surface area contributed by atoms with E-state index in [1.165, 1.54) is 18.2 Å². The van der Waals surface area contributed by atoms with Crippen molar-refractivity contribution in [3.8, 4) is 0 Å². The summed E-state index contributed by atoms with van der Waals surface area (Å²) in [7, 11) is 0. The van der Waals surface area contributed by atoms with E-state index in [2.05, 4.69) is 5.32 Å². The van der Waals surface area contributed by atoms with Gasteiger partial charge in [0, 0.05) is 17.2 Å². The molecule has 1 saturated carbocycles. The summed E-state index contributed by atoms with van der Waals surface area (Å²) < 4.78 is 36.0. The molecule has 0 aromatic heterocycles. The van der Waals surface area contributed by atoms with E-state index in [-0.39, 0.29) is 17.4 Å². The highest BCUT2D eigenvalue weighted by Gasteiger charge is 2.30. The van der Waals surface area contributed by atoms with Gasteiger partial charge >= 0.3 is 6.18 Å². The Bertz CT molecular complexity index is 525. The third kappa shape index (κ3) is 4.25. The topological polar surface area (TPSA) is 58.2 Å². The third-order valence-electron chi connectivity index (χ3n) is 2.79. The zero-order chi connectivity index (χ0) is 14.8. The van der Waals surface area contributed by atoms with Gasteiger partial charge in [-0.2, -0.15) is 13.2 Å². The Morgan fingerprint density at radius 1 is 1.25 bits per heavy atom. The summed E-state index contributed by atoms with van der Waals surface area (Å²) >= 11 is 0. The summed E-state index contributed by atoms with van der Waals surface area (Å²) in [6, 6.07) is 5.83. The number of rotatable bonds is 4. The van der Waals surface area contributed by atoms with E-state index in [1.54, 1.807) is 11.4 Å². The molecule has 1 aromatic rings. The van der Waals surface area contributed by atoms with E-state index >= 15 is 0 Å². The first-order valence-electron chi connectivity index (χ1n) is 6.11. The fourth-order valence-electron chi connectivity index (χ4n) is 1.61. The number of carbonyl (C=O) groups excluding carboxylic acids is 2. The highest BCUT2D eigenvalue weighted by molar-refractivity contribution is 5.98. The van der Waals surface area contributed by atoms with Gasteiger partial charge in [0.25, 0.3) is 5.91 Å². The fourth-order valence-corrected chi connectivity index (χ4v) is 1.61. The Hall–Kier alpha value is -2.05. The summed E-state index contributed by atoms with van der Waals surface area (Å²) in [5, 5.41) is 4.41. The van der Waals surface area contributed by atoms with E-state index in [4.69, 9.17) is 0 Å². The Kier molecular flexibility index (Phi) is 3.96. The molecule has 0 unspecified atom stereocenters. The molecule has 20 heavy (non-hydrogen) atoms. The molecule has 2 N–H and O–H groups in total. The Morgan fingerprint density at radius 3 is 2.55 bits per heavy atom. The van der Waals surface area contributed by atoms with Crippen molar-refractivity contribution < 1.29 is 22.8 Å². The molecule has 0 heterocycles. The van der Waals surface area contributed by atoms with Gasteiger partial charge in [0.15, 0.2) is 0 Å². The highest BCUT2D eigenvalue weighted by Crippen LogP contribution is 2.30. The van der Waals surface area contributed by atoms with Gasteiger partial charge in [-0.05, 0) is 31.0 Å². The molecule has 1 aromatic carbocycles. The van der Waals surface area contributed by atoms with Crippen LogP contribution >= 0.6 is 0 Å². The molecule has 0 radical (unpaired) electrons. The molecule has 0 bridgehead atoms. The highest BCUT2D eigenvalue weighted by atomic mass is 19.4. The number of nitrogens with one attached hydrogen (secondary N) is 2. The van der Waals surface area contributed by atoms with E-state index in [0.29, 0.717) is 5.69 Å². The van der Waals surface area contributed by atoms with Crippen LogP contribution in [0.1, 0.15) is 23.2 Å². The van der Waals surface area contributed by atoms with E-state index in [9.17, 15) is 22.8 Å². The van der Waals surface area contributed by atoms with Gasteiger partial charge in [0.05, 0.1) is 0 Å². The number of benzene rings is 1. The van der Waals surface area contributed by atoms with Gasteiger partial charge in [-0.1, -0.05) is 6.07 Å². The number of hydrogen-bond acceptors (Lipinski definition) is 2. The standard InChI is InChI=1S/C13H13F3N2O2/c14-13(15,16)7-17-11(19)9-2-1-3-10(6-9)18-12(20)8-4-5-8/h1-3,6,8H,4-5,7H2,(H,17,19)(H,18,20). The summed E-state index contributed by atoms with van der Waals surface area (Å²) in [5.74, 6) is -0.944. The molecule has 7 heteroatoms. The smallest absolute Gasteiger partial charge is 0.343 e. The minimum absolute atomic E-state index is 0.0118. The average Bonchev–Trinajstić information content (AvgIpc) is 3.19. The van der Waals surface area contributed by atoms with Gasteiger partial charge < -0.3 is 10.6 Å². The summed E-state index contributed by atoms with van der Waals surface area (Å²) in [5.41, 5.74) is 0.476. The van der Waals surface area contributed by atoms with Crippen LogP contribution in [0.2, 0.25) is 0 Å². The zero-order valence-corrected chi connectivity index (χ0v) is 10.5. The lowest BCUT2D eigenvalue weighted by molar-refractivity contribution is -0.123. The SMILES string of the molecule is O=C(NCC(F)(F)F)c1cccc(NC(=O)C2CC2)c1. The molecule has 1 aliphatic rings. The second-order valence-electron chi connectivity index (χ2n) is 4.64. The maximum Gasteiger partial charge on any atom is 0.405 e. The molecule has 0 spiro atoms. The van der Waals surface area contributed by atoms with E-state index < -0.39 is 18.6 Å². The van der Waals surface area contributed by atoms with Crippen LogP contribution in [-0.2, 0) is 4.79 Å². The largest absolute Gasteiger partial charge is 0.405 e. The number of hydrogen-bond donors (Lipinski definition) is 2. The molecule has 2 rings (SSSR count). The first-order chi connectivity index (χ1) is 9.35. The fraction of sp³-hybridized carbons (Fsp3) is 0.385. The number of halogens is 3. The van der Waals surface area contributed by atoms with E-state index in [0.717, 1.165) is 12.8 Å². The van der Waals surface area contributed by atoms with Gasteiger partial charge in [0.2, 0.25) is 5.91 Å². The van der Waals surface area contributed by atoms with Crippen molar-refractivity contribution in [1.29, 1.82) is 0 Å². The van der Waals surface area contributed by atoms with Crippen LogP contribution < -0.4 is 10.6 Å². The summed E-state index contributed by atoms with van der Waals surface area (Å²) in [4.78, 5) is 23.1. The van der Waals surface area contributed by atoms with Crippen LogP contribution in [0.5, 0.6) is 0 Å². The van der Waals surface area contributed by atoms with Crippen molar-refractivity contribution in [2.45, 2.75) is 19.0 Å². The number of alkyl halides is 3. The summed E-state index contributed by atoms with van der Waals surface area (Å²) in [6.07, 6.45) is -2.76. The molecule has 108 valence electrons. The second-order valence-corrected chi connectivity index (χ2v) is 4.64. The molecule has 4 nitrogen and oxygen atoms in total. The Morgan fingerprint density at radius 2 is 1.95 bits per heavy atom. The van der Waals surface area contributed by atoms with Crippen molar-refractivity contribution >= 4 is 17.5 Å². The van der Waals surface area contributed by atoms with Crippen molar-refractivity contribution in [3.63, 3.8) is 0 Å². The van der Waals surface area contributed by atoms with Crippen LogP contribution in [0.25, 0.3) is 0 Å². The van der Waals surface area contributed by atoms with E-state index in [1.807, 2.05) is 0 Å². The minimum atomic E-state index is -4.45. The predicted molar refractivity (Wildman–Crippen MR) is 66.2 cm³/mol. The first kappa shape index (κ1) is 14.4. The normalized spacial score (nSPS) is 14.8. The van der Waals surface area contributed by atoms with Crippen LogP contribution in [0.4, 0.5) is 18.9 Å². The molecule has 0 saturated heterocycles. The predicted octanol–water partition coefficient (Wildman–Crippen LogP) is 2.33. The molecule has 1 fully saturated rings. The van der Waals surface area contributed by atoms with Gasteiger partial charge in [-0.25, -0.2) is 0 Å². The number of carbonyl (C=O) groups is 2. The Balaban J connectivity index is 1.97. The van der Waals surface area contributed by atoms with Gasteiger partial charge in [0.1, 0.15) is 6.54 Å². The molecular formula is C13H13F3N2O2. The Labute approximate surface area is 113 Å². The second kappa shape index (κ2) is 5.52. The zero-order valence-electron chi connectivity index (χ0n) is 10.5. The van der Waals surface area contributed by atoms with Crippen molar-refractivity contribution in [3.05, 3.63) is 29.8 Å². The van der Waals surface area contributed by atoms with Crippen molar-refractivity contribution in [2.24, 2.45) is 5.92 Å². The molecule has 0 aliphatic heterocycles. The lowest BCUT2D eigenvalue weighted by Crippen LogP contribution is -2.33. The molecular weight excluding hydrogens is 273 g/mol. The van der Waals surface area contributed by atoms with Crippen LogP contribution in [0.15, 0.2) is 24.3 Å². The van der Waals surface area contributed by atoms with Crippen molar-refractivity contribution in [2.75, 3.05) is 11.9 Å². The quantitative estimate of drug-likeness (QED) is 0.892. The maximum atomic E-state index is 12.0. The lowest BCUT2D eigenvalue weighted by atomic mass is 10.2. The van der Waals surface area contributed by atoms with Crippen molar-refractivity contribution in [1.82, 2.24) is 5.32 Å². The van der Waals surface area contributed by atoms with Crippen LogP contribution in [0, 0.1) is 5.92 Å². The average molecular weight is 286 g/mol. The van der Waals surface area contributed by atoms with Gasteiger partial charge in [-0.15, -0.1) is 0 Å². The molecule has 0 atom stereocenters. The number of amides is 2. The molecule has 2 amide bonds. The summed E-state index contributed by atoms with van der Waals surface area (Å²) in [6.45, 7) is -1.38. The van der Waals surface area contributed by atoms with Gasteiger partial charge in [-0.3, -0.25) is 9.59 Å². The first-order valence-corrected chi connectivity index (χ1v) is 6.11. The van der Waals surface area contributed by atoms with Crippen LogP contribution in [0.3, 0.4) is 0 Å². The molecule has 1 aliphatic carbocycles. The maximum absolute atomic E-state index is 12.0. The minimum Gasteiger partial charge on any atom is -0.343 e. The van der Waals surface area contributed by atoms with Crippen LogP contribution in [-0.4, -0.2) is 24.5 Å². The third-order valence-corrected chi connectivity index (χ3v) is 2.79. The lowest BCUT2D eigenvalue weighted by Gasteiger charge is -2.09. The number of anilines is 1.